The van der Waals surface area contributed by atoms with Crippen molar-refractivity contribution in [1.29, 1.82) is 0 Å². The smallest absolute Gasteiger partial charge is 0.0677 e. The summed E-state index contributed by atoms with van der Waals surface area (Å²) in [6, 6.07) is 5.96. The van der Waals surface area contributed by atoms with Crippen LogP contribution in [0.25, 0.3) is 0 Å². The Bertz CT molecular complexity index is 607. The fourth-order valence-electron chi connectivity index (χ4n) is 2.21. The van der Waals surface area contributed by atoms with Crippen LogP contribution in [0.2, 0.25) is 5.02 Å². The second-order valence-corrected chi connectivity index (χ2v) is 6.15. The highest BCUT2D eigenvalue weighted by atomic mass is 79.9. The second-order valence-electron chi connectivity index (χ2n) is 4.82. The zero-order chi connectivity index (χ0) is 14.7. The molecule has 2 rings (SSSR count). The topological polar surface area (TPSA) is 29.9 Å². The first-order chi connectivity index (χ1) is 9.52. The third kappa shape index (κ3) is 3.43. The molecule has 1 aromatic heterocycles. The summed E-state index contributed by atoms with van der Waals surface area (Å²) >= 11 is 9.70. The van der Waals surface area contributed by atoms with Gasteiger partial charge in [0.05, 0.1) is 12.2 Å². The normalized spacial score (nSPS) is 11.1. The van der Waals surface area contributed by atoms with Crippen molar-refractivity contribution in [2.24, 2.45) is 0 Å². The van der Waals surface area contributed by atoms with Crippen molar-refractivity contribution in [3.05, 3.63) is 50.2 Å². The average Bonchev–Trinajstić information content (AvgIpc) is 2.66. The van der Waals surface area contributed by atoms with Crippen LogP contribution in [0.5, 0.6) is 0 Å². The van der Waals surface area contributed by atoms with Crippen LogP contribution in [-0.4, -0.2) is 16.3 Å². The molecule has 20 heavy (non-hydrogen) atoms. The molecule has 0 atom stereocenters. The summed E-state index contributed by atoms with van der Waals surface area (Å²) in [5.41, 5.74) is 4.63. The van der Waals surface area contributed by atoms with Gasteiger partial charge in [-0.25, -0.2) is 0 Å². The Kier molecular flexibility index (Phi) is 5.24. The molecule has 0 bridgehead atoms. The van der Waals surface area contributed by atoms with Crippen LogP contribution in [0.4, 0.5) is 0 Å². The third-order valence-electron chi connectivity index (χ3n) is 3.42. The molecule has 0 aliphatic heterocycles. The standard InChI is InChI=1S/C15H19BrClN3/c1-4-18-8-14-10(2)19-20(11(14)3)9-12-5-6-13(16)7-15(12)17/h5-7,18H,4,8-9H2,1-3H3. The molecular formula is C15H19BrClN3. The largest absolute Gasteiger partial charge is 0.313 e. The van der Waals surface area contributed by atoms with Crippen LogP contribution in [0.3, 0.4) is 0 Å². The summed E-state index contributed by atoms with van der Waals surface area (Å²) in [6.07, 6.45) is 0. The predicted octanol–water partition coefficient (Wildman–Crippen LogP) is 4.07. The fourth-order valence-corrected chi connectivity index (χ4v) is 2.94. The summed E-state index contributed by atoms with van der Waals surface area (Å²) in [7, 11) is 0. The summed E-state index contributed by atoms with van der Waals surface area (Å²) in [4.78, 5) is 0. The van der Waals surface area contributed by atoms with E-state index in [9.17, 15) is 0 Å². The highest BCUT2D eigenvalue weighted by Crippen LogP contribution is 2.23. The molecule has 0 amide bonds. The van der Waals surface area contributed by atoms with Crippen LogP contribution in [0.15, 0.2) is 22.7 Å². The highest BCUT2D eigenvalue weighted by molar-refractivity contribution is 9.10. The van der Waals surface area contributed by atoms with E-state index in [1.54, 1.807) is 0 Å². The first-order valence-corrected chi connectivity index (χ1v) is 7.87. The summed E-state index contributed by atoms with van der Waals surface area (Å²) in [6.45, 7) is 8.80. The highest BCUT2D eigenvalue weighted by Gasteiger charge is 2.12. The SMILES string of the molecule is CCNCc1c(C)nn(Cc2ccc(Br)cc2Cl)c1C. The van der Waals surface area contributed by atoms with Gasteiger partial charge in [-0.15, -0.1) is 0 Å². The van der Waals surface area contributed by atoms with Crippen molar-refractivity contribution in [3.63, 3.8) is 0 Å². The molecule has 1 heterocycles. The molecule has 5 heteroatoms. The van der Waals surface area contributed by atoms with Gasteiger partial charge in [0, 0.05) is 27.3 Å². The van der Waals surface area contributed by atoms with Gasteiger partial charge in [-0.1, -0.05) is 40.5 Å². The van der Waals surface area contributed by atoms with Gasteiger partial charge in [0.1, 0.15) is 0 Å². The minimum absolute atomic E-state index is 0.699. The van der Waals surface area contributed by atoms with Crippen molar-refractivity contribution in [2.45, 2.75) is 33.9 Å². The number of nitrogens with one attached hydrogen (secondary N) is 1. The van der Waals surface area contributed by atoms with Crippen LogP contribution >= 0.6 is 27.5 Å². The minimum atomic E-state index is 0.699. The second kappa shape index (κ2) is 6.74. The number of benzene rings is 1. The van der Waals surface area contributed by atoms with Gasteiger partial charge >= 0.3 is 0 Å². The molecule has 0 fully saturated rings. The first-order valence-electron chi connectivity index (χ1n) is 6.70. The predicted molar refractivity (Wildman–Crippen MR) is 87.3 cm³/mol. The molecule has 0 saturated carbocycles. The van der Waals surface area contributed by atoms with E-state index >= 15 is 0 Å². The number of aromatic nitrogens is 2. The van der Waals surface area contributed by atoms with E-state index in [-0.39, 0.29) is 0 Å². The van der Waals surface area contributed by atoms with E-state index in [0.717, 1.165) is 33.8 Å². The number of nitrogens with zero attached hydrogens (tertiary/aromatic N) is 2. The molecule has 0 radical (unpaired) electrons. The maximum atomic E-state index is 6.28. The molecule has 0 saturated heterocycles. The zero-order valence-electron chi connectivity index (χ0n) is 12.0. The van der Waals surface area contributed by atoms with E-state index in [2.05, 4.69) is 47.1 Å². The van der Waals surface area contributed by atoms with Crippen LogP contribution in [-0.2, 0) is 13.1 Å². The van der Waals surface area contributed by atoms with E-state index in [1.165, 1.54) is 11.3 Å². The van der Waals surface area contributed by atoms with E-state index in [1.807, 2.05) is 22.9 Å². The lowest BCUT2D eigenvalue weighted by Crippen LogP contribution is -2.13. The lowest BCUT2D eigenvalue weighted by molar-refractivity contribution is 0.655. The van der Waals surface area contributed by atoms with Gasteiger partial charge < -0.3 is 5.32 Å². The Labute approximate surface area is 133 Å². The third-order valence-corrected chi connectivity index (χ3v) is 4.26. The van der Waals surface area contributed by atoms with Gasteiger partial charge in [0.25, 0.3) is 0 Å². The van der Waals surface area contributed by atoms with Gasteiger partial charge in [-0.2, -0.15) is 5.10 Å². The lowest BCUT2D eigenvalue weighted by atomic mass is 10.2. The zero-order valence-corrected chi connectivity index (χ0v) is 14.3. The fraction of sp³-hybridized carbons (Fsp3) is 0.400. The molecule has 2 aromatic rings. The van der Waals surface area contributed by atoms with E-state index < -0.39 is 0 Å². The number of hydrogen-bond donors (Lipinski definition) is 1. The molecule has 0 aliphatic rings. The Hall–Kier alpha value is -0.840. The van der Waals surface area contributed by atoms with Crippen molar-refractivity contribution in [1.82, 2.24) is 15.1 Å². The molecule has 0 aliphatic carbocycles. The average molecular weight is 357 g/mol. The Morgan fingerprint density at radius 1 is 1.35 bits per heavy atom. The van der Waals surface area contributed by atoms with Crippen LogP contribution < -0.4 is 5.32 Å². The monoisotopic (exact) mass is 355 g/mol. The Morgan fingerprint density at radius 3 is 2.75 bits per heavy atom. The molecular weight excluding hydrogens is 338 g/mol. The van der Waals surface area contributed by atoms with Crippen molar-refractivity contribution in [2.75, 3.05) is 6.54 Å². The molecule has 0 unspecified atom stereocenters. The van der Waals surface area contributed by atoms with Gasteiger partial charge in [0.15, 0.2) is 0 Å². The van der Waals surface area contributed by atoms with Crippen molar-refractivity contribution < 1.29 is 0 Å². The van der Waals surface area contributed by atoms with Crippen molar-refractivity contribution >= 4 is 27.5 Å². The number of aryl methyl sites for hydroxylation is 1. The van der Waals surface area contributed by atoms with E-state index in [4.69, 9.17) is 11.6 Å². The maximum absolute atomic E-state index is 6.28. The van der Waals surface area contributed by atoms with Crippen LogP contribution in [0, 0.1) is 13.8 Å². The molecule has 1 N–H and O–H groups in total. The van der Waals surface area contributed by atoms with E-state index in [0.29, 0.717) is 6.54 Å². The minimum Gasteiger partial charge on any atom is -0.313 e. The molecule has 3 nitrogen and oxygen atoms in total. The maximum Gasteiger partial charge on any atom is 0.0677 e. The lowest BCUT2D eigenvalue weighted by Gasteiger charge is -2.08. The number of halogens is 2. The van der Waals surface area contributed by atoms with Gasteiger partial charge in [0.2, 0.25) is 0 Å². The Balaban J connectivity index is 2.25. The summed E-state index contributed by atoms with van der Waals surface area (Å²) in [5.74, 6) is 0. The van der Waals surface area contributed by atoms with Crippen LogP contribution in [0.1, 0.15) is 29.4 Å². The molecule has 108 valence electrons. The number of hydrogen-bond acceptors (Lipinski definition) is 2. The molecule has 1 aromatic carbocycles. The van der Waals surface area contributed by atoms with Gasteiger partial charge in [-0.3, -0.25) is 4.68 Å². The van der Waals surface area contributed by atoms with Crippen molar-refractivity contribution in [3.8, 4) is 0 Å². The number of rotatable bonds is 5. The molecule has 0 spiro atoms. The quantitative estimate of drug-likeness (QED) is 0.875. The summed E-state index contributed by atoms with van der Waals surface area (Å²) < 4.78 is 3.02. The van der Waals surface area contributed by atoms with Gasteiger partial charge in [-0.05, 0) is 38.1 Å². The first kappa shape index (κ1) is 15.5. The Morgan fingerprint density at radius 2 is 2.10 bits per heavy atom. The summed E-state index contributed by atoms with van der Waals surface area (Å²) in [5, 5.41) is 8.75.